The molecule has 1 rings (SSSR count). The first-order chi connectivity index (χ1) is 10.6. The van der Waals surface area contributed by atoms with Crippen LogP contribution in [0.15, 0.2) is 11.3 Å². The molecule has 0 saturated heterocycles. The molecule has 5 heteroatoms. The highest BCUT2D eigenvalue weighted by Gasteiger charge is 2.28. The van der Waals surface area contributed by atoms with Crippen molar-refractivity contribution >= 4 is 23.3 Å². The van der Waals surface area contributed by atoms with Crippen LogP contribution >= 0.6 is 0 Å². The lowest BCUT2D eigenvalue weighted by molar-refractivity contribution is 0.0979. The van der Waals surface area contributed by atoms with Crippen LogP contribution in [0, 0.1) is 5.53 Å². The molecule has 0 aromatic heterocycles. The number of anilines is 1. The van der Waals surface area contributed by atoms with E-state index in [1.54, 1.807) is 6.08 Å². The number of ketones is 2. The van der Waals surface area contributed by atoms with Gasteiger partial charge in [-0.2, -0.15) is 5.11 Å². The number of nitrogens with one attached hydrogen (secondary N) is 1. The summed E-state index contributed by atoms with van der Waals surface area (Å²) in [5.74, 6) is -0.289. The molecular formula is C18H25N3O2. The number of nitrogens with zero attached hydrogens (tertiary/aromatic N) is 1. The molecular weight excluding hydrogens is 290 g/mol. The van der Waals surface area contributed by atoms with E-state index in [2.05, 4.69) is 5.11 Å². The van der Waals surface area contributed by atoms with Gasteiger partial charge < -0.3 is 5.73 Å². The number of hydrogen-bond donors (Lipinski definition) is 2. The second-order valence-electron chi connectivity index (χ2n) is 6.27. The lowest BCUT2D eigenvalue weighted by Crippen LogP contribution is -2.17. The van der Waals surface area contributed by atoms with Crippen LogP contribution in [0.2, 0.25) is 0 Å². The van der Waals surface area contributed by atoms with Crippen LogP contribution in [0.1, 0.15) is 90.8 Å². The Morgan fingerprint density at radius 3 is 1.83 bits per heavy atom. The Kier molecular flexibility index (Phi) is 5.96. The Morgan fingerprint density at radius 2 is 1.48 bits per heavy atom. The lowest BCUT2D eigenvalue weighted by atomic mass is 9.79. The van der Waals surface area contributed by atoms with Gasteiger partial charge in [0, 0.05) is 23.0 Å². The Balaban J connectivity index is 4.16. The molecule has 124 valence electrons. The van der Waals surface area contributed by atoms with Gasteiger partial charge in [-0.05, 0) is 48.4 Å². The number of rotatable bonds is 6. The normalized spacial score (nSPS) is 11.5. The number of carbonyl (C=O) groups excluding carboxylic acids is 2. The number of carbonyl (C=O) groups is 2. The molecule has 0 bridgehead atoms. The molecule has 23 heavy (non-hydrogen) atoms. The topological polar surface area (TPSA) is 96.4 Å². The number of Topliss-reactive ketones (excluding diaryl/α,β-unsaturated/α-hetero) is 2. The quantitative estimate of drug-likeness (QED) is 0.443. The smallest absolute Gasteiger partial charge is 0.161 e. The van der Waals surface area contributed by atoms with Crippen molar-refractivity contribution < 1.29 is 9.59 Å². The van der Waals surface area contributed by atoms with Crippen molar-refractivity contribution in [1.82, 2.24) is 0 Å². The van der Waals surface area contributed by atoms with Gasteiger partial charge in [-0.15, -0.1) is 0 Å². The second-order valence-corrected chi connectivity index (χ2v) is 6.27. The van der Waals surface area contributed by atoms with Crippen molar-refractivity contribution in [3.8, 4) is 0 Å². The highest BCUT2D eigenvalue weighted by atomic mass is 16.1. The Hall–Kier alpha value is -2.30. The van der Waals surface area contributed by atoms with Crippen LogP contribution in [0.3, 0.4) is 0 Å². The Labute approximate surface area is 137 Å². The zero-order valence-electron chi connectivity index (χ0n) is 14.7. The molecule has 1 aromatic carbocycles. The van der Waals surface area contributed by atoms with Gasteiger partial charge in [-0.25, -0.2) is 5.53 Å². The minimum Gasteiger partial charge on any atom is -0.398 e. The maximum Gasteiger partial charge on any atom is 0.161 e. The molecule has 0 fully saturated rings. The number of nitrogens with two attached hydrogens (primary N) is 1. The van der Waals surface area contributed by atoms with Gasteiger partial charge in [0.1, 0.15) is 0 Å². The molecule has 0 aliphatic rings. The maximum atomic E-state index is 12.3. The van der Waals surface area contributed by atoms with Gasteiger partial charge in [-0.1, -0.05) is 27.7 Å². The third-order valence-corrected chi connectivity index (χ3v) is 3.83. The van der Waals surface area contributed by atoms with E-state index in [1.165, 1.54) is 20.0 Å². The molecule has 0 spiro atoms. The maximum absolute atomic E-state index is 12.3. The van der Waals surface area contributed by atoms with Gasteiger partial charge in [0.25, 0.3) is 0 Å². The molecule has 0 atom stereocenters. The van der Waals surface area contributed by atoms with Crippen LogP contribution in [0.25, 0.3) is 6.08 Å². The van der Waals surface area contributed by atoms with Crippen molar-refractivity contribution in [1.29, 1.82) is 5.53 Å². The molecule has 0 unspecified atom stereocenters. The van der Waals surface area contributed by atoms with E-state index in [0.717, 1.165) is 11.1 Å². The predicted octanol–water partition coefficient (Wildman–Crippen LogP) is 4.92. The molecule has 5 nitrogen and oxygen atoms in total. The molecule has 1 aromatic rings. The van der Waals surface area contributed by atoms with Crippen molar-refractivity contribution in [3.63, 3.8) is 0 Å². The molecule has 3 N–H and O–H groups in total. The fraction of sp³-hybridized carbons (Fsp3) is 0.444. The first kappa shape index (κ1) is 18.7. The summed E-state index contributed by atoms with van der Waals surface area (Å²) in [5, 5.41) is 3.23. The Morgan fingerprint density at radius 1 is 1.00 bits per heavy atom. The van der Waals surface area contributed by atoms with Crippen molar-refractivity contribution in [2.45, 2.75) is 53.4 Å². The van der Waals surface area contributed by atoms with Crippen molar-refractivity contribution in [3.05, 3.63) is 34.0 Å². The molecule has 0 amide bonds. The van der Waals surface area contributed by atoms with Gasteiger partial charge in [0.05, 0.1) is 0 Å². The van der Waals surface area contributed by atoms with Crippen molar-refractivity contribution in [2.24, 2.45) is 5.11 Å². The largest absolute Gasteiger partial charge is 0.398 e. The van der Waals surface area contributed by atoms with Crippen LogP contribution in [0.5, 0.6) is 0 Å². The summed E-state index contributed by atoms with van der Waals surface area (Å²) in [5.41, 5.74) is 16.8. The first-order valence-electron chi connectivity index (χ1n) is 7.69. The standard InChI is InChI=1S/C18H25N3O2/c1-9(2)14-13(7-8-21-20)16(11(5)22)17(12(6)23)15(10(3)4)18(14)19/h7-10,20H,19H2,1-6H3. The van der Waals surface area contributed by atoms with E-state index in [1.807, 2.05) is 27.7 Å². The highest BCUT2D eigenvalue weighted by molar-refractivity contribution is 6.12. The Bertz CT molecular complexity index is 686. The predicted molar refractivity (Wildman–Crippen MR) is 93.2 cm³/mol. The van der Waals surface area contributed by atoms with Crippen LogP contribution < -0.4 is 5.73 Å². The highest BCUT2D eigenvalue weighted by Crippen LogP contribution is 2.39. The van der Waals surface area contributed by atoms with E-state index in [9.17, 15) is 9.59 Å². The summed E-state index contributed by atoms with van der Waals surface area (Å²) < 4.78 is 0. The van der Waals surface area contributed by atoms with Crippen LogP contribution in [-0.2, 0) is 0 Å². The monoisotopic (exact) mass is 315 g/mol. The fourth-order valence-electron chi connectivity index (χ4n) is 3.07. The zero-order valence-corrected chi connectivity index (χ0v) is 14.7. The number of nitrogen functional groups attached to an aromatic ring is 1. The zero-order chi connectivity index (χ0) is 17.9. The second kappa shape index (κ2) is 7.31. The first-order valence-corrected chi connectivity index (χ1v) is 7.69. The van der Waals surface area contributed by atoms with Gasteiger partial charge in [0.15, 0.2) is 11.6 Å². The van der Waals surface area contributed by atoms with E-state index < -0.39 is 0 Å². The summed E-state index contributed by atoms with van der Waals surface area (Å²) in [4.78, 5) is 24.6. The fourth-order valence-corrected chi connectivity index (χ4v) is 3.07. The van der Waals surface area contributed by atoms with E-state index in [-0.39, 0.29) is 23.4 Å². The van der Waals surface area contributed by atoms with Gasteiger partial charge in [-0.3, -0.25) is 9.59 Å². The number of benzene rings is 1. The van der Waals surface area contributed by atoms with Gasteiger partial charge >= 0.3 is 0 Å². The average molecular weight is 315 g/mol. The van der Waals surface area contributed by atoms with E-state index in [0.29, 0.717) is 22.4 Å². The number of hydrogen-bond acceptors (Lipinski definition) is 5. The molecule has 0 aliphatic heterocycles. The SMILES string of the molecule is CC(=O)c1c(C=CN=N)c(C(C)C)c(N)c(C(C)C)c1C(C)=O. The molecule has 0 heterocycles. The minimum absolute atomic E-state index is 0.0170. The third-order valence-electron chi connectivity index (χ3n) is 3.83. The summed E-state index contributed by atoms with van der Waals surface area (Å²) >= 11 is 0. The van der Waals surface area contributed by atoms with Crippen molar-refractivity contribution in [2.75, 3.05) is 5.73 Å². The third kappa shape index (κ3) is 3.55. The minimum atomic E-state index is -0.191. The lowest BCUT2D eigenvalue weighted by Gasteiger charge is -2.25. The van der Waals surface area contributed by atoms with Gasteiger partial charge in [0.2, 0.25) is 0 Å². The van der Waals surface area contributed by atoms with Crippen LogP contribution in [-0.4, -0.2) is 11.6 Å². The van der Waals surface area contributed by atoms with E-state index >= 15 is 0 Å². The summed E-state index contributed by atoms with van der Waals surface area (Å²) in [6.07, 6.45) is 2.89. The van der Waals surface area contributed by atoms with Crippen LogP contribution in [0.4, 0.5) is 5.69 Å². The van der Waals surface area contributed by atoms with E-state index in [4.69, 9.17) is 11.3 Å². The average Bonchev–Trinajstić information content (AvgIpc) is 2.42. The summed E-state index contributed by atoms with van der Waals surface area (Å²) in [6, 6.07) is 0. The summed E-state index contributed by atoms with van der Waals surface area (Å²) in [7, 11) is 0. The molecule has 0 radical (unpaired) electrons. The molecule has 0 aliphatic carbocycles. The molecule has 0 saturated carbocycles. The summed E-state index contributed by atoms with van der Waals surface area (Å²) in [6.45, 7) is 10.8.